The zero-order chi connectivity index (χ0) is 14.7. The Kier molecular flexibility index (Phi) is 4.03. The number of nitrogens with zero attached hydrogens (tertiary/aromatic N) is 2. The predicted molar refractivity (Wildman–Crippen MR) is 76.1 cm³/mol. The number of ether oxygens (including phenoxy) is 1. The van der Waals surface area contributed by atoms with Gasteiger partial charge in [-0.25, -0.2) is 4.98 Å². The van der Waals surface area contributed by atoms with Gasteiger partial charge in [-0.15, -0.1) is 0 Å². The second-order valence-electron chi connectivity index (χ2n) is 5.12. The Balaban J connectivity index is 1.75. The summed E-state index contributed by atoms with van der Waals surface area (Å²) in [6, 6.07) is 6.99. The Morgan fingerprint density at radius 1 is 1.19 bits per heavy atom. The molecule has 0 amide bonds. The van der Waals surface area contributed by atoms with Gasteiger partial charge in [-0.3, -0.25) is 4.57 Å². The van der Waals surface area contributed by atoms with E-state index in [-0.39, 0.29) is 5.75 Å². The van der Waals surface area contributed by atoms with Crippen molar-refractivity contribution in [1.82, 2.24) is 9.55 Å². The van der Waals surface area contributed by atoms with Crippen LogP contribution in [0, 0.1) is 0 Å². The number of imidazole rings is 1. The summed E-state index contributed by atoms with van der Waals surface area (Å²) in [4.78, 5) is 4.33. The first-order valence-electron chi connectivity index (χ1n) is 7.07. The van der Waals surface area contributed by atoms with E-state index in [1.165, 1.54) is 25.0 Å². The maximum Gasteiger partial charge on any atom is 0.387 e. The fourth-order valence-corrected chi connectivity index (χ4v) is 2.66. The van der Waals surface area contributed by atoms with Gasteiger partial charge in [-0.05, 0) is 37.1 Å². The van der Waals surface area contributed by atoms with Crippen molar-refractivity contribution in [2.45, 2.75) is 38.3 Å². The van der Waals surface area contributed by atoms with Crippen LogP contribution >= 0.6 is 0 Å². The summed E-state index contributed by atoms with van der Waals surface area (Å²) in [5.74, 6) is 0.934. The second-order valence-corrected chi connectivity index (χ2v) is 5.12. The predicted octanol–water partition coefficient (Wildman–Crippen LogP) is 3.83. The van der Waals surface area contributed by atoms with Crippen LogP contribution in [0.25, 0.3) is 5.69 Å². The fourth-order valence-electron chi connectivity index (χ4n) is 2.66. The molecule has 1 fully saturated rings. The van der Waals surface area contributed by atoms with Crippen molar-refractivity contribution in [1.29, 1.82) is 0 Å². The third-order valence-corrected chi connectivity index (χ3v) is 3.67. The third-order valence-electron chi connectivity index (χ3n) is 3.67. The largest absolute Gasteiger partial charge is 0.435 e. The summed E-state index contributed by atoms with van der Waals surface area (Å²) < 4.78 is 30.5. The highest BCUT2D eigenvalue weighted by Gasteiger charge is 2.17. The van der Waals surface area contributed by atoms with Gasteiger partial charge in [0.05, 0.1) is 0 Å². The summed E-state index contributed by atoms with van der Waals surface area (Å²) in [5, 5.41) is 3.44. The normalized spacial score (nSPS) is 15.6. The maximum atomic E-state index is 12.1. The van der Waals surface area contributed by atoms with Crippen LogP contribution in [0.15, 0.2) is 36.7 Å². The quantitative estimate of drug-likeness (QED) is 0.910. The van der Waals surface area contributed by atoms with Gasteiger partial charge in [-0.2, -0.15) is 8.78 Å². The summed E-state index contributed by atoms with van der Waals surface area (Å²) >= 11 is 0. The van der Waals surface area contributed by atoms with Gasteiger partial charge in [0.25, 0.3) is 0 Å². The highest BCUT2D eigenvalue weighted by atomic mass is 19.3. The standard InChI is InChI=1S/C15H17F2N3O/c16-14(17)21-13-7-5-12(6-8-13)20-10-9-18-15(20)19-11-3-1-2-4-11/h5-11,14H,1-4H2,(H,18,19). The minimum absolute atomic E-state index is 0.152. The van der Waals surface area contributed by atoms with Crippen LogP contribution in [0.4, 0.5) is 14.7 Å². The smallest absolute Gasteiger partial charge is 0.387 e. The molecule has 1 heterocycles. The number of aromatic nitrogens is 2. The zero-order valence-electron chi connectivity index (χ0n) is 11.5. The summed E-state index contributed by atoms with van der Waals surface area (Å²) in [6.45, 7) is -2.80. The molecule has 6 heteroatoms. The fraction of sp³-hybridized carbons (Fsp3) is 0.400. The number of benzene rings is 1. The third kappa shape index (κ3) is 3.32. The van der Waals surface area contributed by atoms with E-state index >= 15 is 0 Å². The van der Waals surface area contributed by atoms with Gasteiger partial charge in [-0.1, -0.05) is 12.8 Å². The van der Waals surface area contributed by atoms with E-state index in [0.29, 0.717) is 6.04 Å². The van der Waals surface area contributed by atoms with Gasteiger partial charge in [0.15, 0.2) is 0 Å². The zero-order valence-corrected chi connectivity index (χ0v) is 11.5. The number of hydrogen-bond donors (Lipinski definition) is 1. The molecule has 0 bridgehead atoms. The summed E-state index contributed by atoms with van der Waals surface area (Å²) in [6.07, 6.45) is 8.39. The second kappa shape index (κ2) is 6.11. The molecule has 0 atom stereocenters. The molecule has 21 heavy (non-hydrogen) atoms. The van der Waals surface area contributed by atoms with Gasteiger partial charge >= 0.3 is 6.61 Å². The highest BCUT2D eigenvalue weighted by Crippen LogP contribution is 2.24. The molecule has 1 N–H and O–H groups in total. The van der Waals surface area contributed by atoms with Gasteiger partial charge in [0, 0.05) is 24.1 Å². The molecular weight excluding hydrogens is 276 g/mol. The number of nitrogens with one attached hydrogen (secondary N) is 1. The molecule has 1 aromatic heterocycles. The number of anilines is 1. The molecule has 3 rings (SSSR count). The first kappa shape index (κ1) is 13.9. The van der Waals surface area contributed by atoms with Crippen molar-refractivity contribution in [3.8, 4) is 11.4 Å². The van der Waals surface area contributed by atoms with Crippen molar-refractivity contribution in [3.63, 3.8) is 0 Å². The molecule has 4 nitrogen and oxygen atoms in total. The topological polar surface area (TPSA) is 39.1 Å². The lowest BCUT2D eigenvalue weighted by atomic mass is 10.2. The van der Waals surface area contributed by atoms with E-state index in [1.54, 1.807) is 18.3 Å². The number of rotatable bonds is 5. The molecule has 0 spiro atoms. The molecule has 0 aliphatic heterocycles. The number of hydrogen-bond acceptors (Lipinski definition) is 3. The lowest BCUT2D eigenvalue weighted by Gasteiger charge is -2.15. The van der Waals surface area contributed by atoms with Crippen molar-refractivity contribution in [2.75, 3.05) is 5.32 Å². The number of halogens is 2. The Labute approximate surface area is 121 Å². The SMILES string of the molecule is FC(F)Oc1ccc(-n2ccnc2NC2CCCC2)cc1. The average Bonchev–Trinajstić information content (AvgIpc) is 3.11. The van der Waals surface area contributed by atoms with Crippen LogP contribution in [0.5, 0.6) is 5.75 Å². The maximum absolute atomic E-state index is 12.1. The van der Waals surface area contributed by atoms with Crippen LogP contribution in [-0.4, -0.2) is 22.2 Å². The molecular formula is C15H17F2N3O. The van der Waals surface area contributed by atoms with Crippen LogP contribution in [-0.2, 0) is 0 Å². The Bertz CT molecular complexity index is 577. The monoisotopic (exact) mass is 293 g/mol. The summed E-state index contributed by atoms with van der Waals surface area (Å²) in [5.41, 5.74) is 0.856. The molecule has 1 aliphatic rings. The first-order chi connectivity index (χ1) is 10.2. The minimum Gasteiger partial charge on any atom is -0.435 e. The first-order valence-corrected chi connectivity index (χ1v) is 7.07. The molecule has 1 aromatic carbocycles. The van der Waals surface area contributed by atoms with Crippen LogP contribution in [0.2, 0.25) is 0 Å². The van der Waals surface area contributed by atoms with Crippen molar-refractivity contribution in [2.24, 2.45) is 0 Å². The number of alkyl halides is 2. The molecule has 0 unspecified atom stereocenters. The molecule has 2 aromatic rings. The average molecular weight is 293 g/mol. The van der Waals surface area contributed by atoms with E-state index < -0.39 is 6.61 Å². The van der Waals surface area contributed by atoms with E-state index in [9.17, 15) is 8.78 Å². The Morgan fingerprint density at radius 2 is 1.90 bits per heavy atom. The molecule has 0 radical (unpaired) electrons. The van der Waals surface area contributed by atoms with E-state index in [4.69, 9.17) is 0 Å². The van der Waals surface area contributed by atoms with E-state index in [1.807, 2.05) is 10.8 Å². The summed E-state index contributed by atoms with van der Waals surface area (Å²) in [7, 11) is 0. The highest BCUT2D eigenvalue weighted by molar-refractivity contribution is 5.44. The lowest BCUT2D eigenvalue weighted by molar-refractivity contribution is -0.0498. The van der Waals surface area contributed by atoms with E-state index in [2.05, 4.69) is 15.0 Å². The van der Waals surface area contributed by atoms with Crippen LogP contribution in [0.1, 0.15) is 25.7 Å². The van der Waals surface area contributed by atoms with Gasteiger partial charge in [0.1, 0.15) is 5.75 Å². The lowest BCUT2D eigenvalue weighted by Crippen LogP contribution is -2.17. The molecule has 1 saturated carbocycles. The Morgan fingerprint density at radius 3 is 2.57 bits per heavy atom. The molecule has 112 valence electrons. The van der Waals surface area contributed by atoms with Gasteiger partial charge < -0.3 is 10.1 Å². The van der Waals surface area contributed by atoms with E-state index in [0.717, 1.165) is 24.5 Å². The van der Waals surface area contributed by atoms with Crippen molar-refractivity contribution in [3.05, 3.63) is 36.7 Å². The van der Waals surface area contributed by atoms with Crippen molar-refractivity contribution < 1.29 is 13.5 Å². The molecule has 1 aliphatic carbocycles. The Hall–Kier alpha value is -2.11. The minimum atomic E-state index is -2.80. The van der Waals surface area contributed by atoms with Crippen molar-refractivity contribution >= 4 is 5.95 Å². The molecule has 0 saturated heterocycles. The van der Waals surface area contributed by atoms with Gasteiger partial charge in [0.2, 0.25) is 5.95 Å². The van der Waals surface area contributed by atoms with Crippen LogP contribution in [0.3, 0.4) is 0 Å². The van der Waals surface area contributed by atoms with Crippen LogP contribution < -0.4 is 10.1 Å².